The zero-order valence-electron chi connectivity index (χ0n) is 10.6. The molecular weight excluding hydrogens is 198 g/mol. The number of carbonyl (C=O) groups excluding carboxylic acids is 1. The second-order valence-corrected chi connectivity index (χ2v) is 5.79. The van der Waals surface area contributed by atoms with Crippen LogP contribution in [-0.4, -0.2) is 30.8 Å². The number of rotatable bonds is 5. The predicted molar refractivity (Wildman–Crippen MR) is 66.4 cm³/mol. The van der Waals surface area contributed by atoms with Crippen LogP contribution in [0.15, 0.2) is 0 Å². The van der Waals surface area contributed by atoms with Crippen LogP contribution in [0.4, 0.5) is 0 Å². The molecule has 0 aromatic carbocycles. The van der Waals surface area contributed by atoms with Crippen LogP contribution in [0.3, 0.4) is 0 Å². The van der Waals surface area contributed by atoms with Gasteiger partial charge >= 0.3 is 0 Å². The molecule has 0 saturated heterocycles. The van der Waals surface area contributed by atoms with E-state index >= 15 is 0 Å². The van der Waals surface area contributed by atoms with Crippen LogP contribution < -0.4 is 0 Å². The van der Waals surface area contributed by atoms with Crippen LogP contribution in [0.1, 0.15) is 51.4 Å². The van der Waals surface area contributed by atoms with Gasteiger partial charge in [0.05, 0.1) is 6.54 Å². The van der Waals surface area contributed by atoms with Crippen molar-refractivity contribution in [2.24, 2.45) is 11.8 Å². The third kappa shape index (κ3) is 3.31. The molecule has 0 atom stereocenters. The van der Waals surface area contributed by atoms with Crippen molar-refractivity contribution in [3.05, 3.63) is 0 Å². The van der Waals surface area contributed by atoms with E-state index < -0.39 is 0 Å². The monoisotopic (exact) mass is 223 g/mol. The van der Waals surface area contributed by atoms with E-state index in [1.165, 1.54) is 38.5 Å². The fourth-order valence-electron chi connectivity index (χ4n) is 3.34. The van der Waals surface area contributed by atoms with Gasteiger partial charge in [-0.05, 0) is 38.6 Å². The fourth-order valence-corrected chi connectivity index (χ4v) is 3.34. The number of hydrogen-bond acceptors (Lipinski definition) is 2. The largest absolute Gasteiger partial charge is 0.299 e. The minimum atomic E-state index is 0.394. The topological polar surface area (TPSA) is 20.3 Å². The van der Waals surface area contributed by atoms with Gasteiger partial charge in [0.25, 0.3) is 0 Å². The first-order chi connectivity index (χ1) is 7.75. The fraction of sp³-hybridized carbons (Fsp3) is 0.929. The molecule has 0 radical (unpaired) electrons. The van der Waals surface area contributed by atoms with Crippen LogP contribution in [-0.2, 0) is 4.79 Å². The third-order valence-electron chi connectivity index (χ3n) is 4.28. The third-order valence-corrected chi connectivity index (χ3v) is 4.28. The van der Waals surface area contributed by atoms with E-state index in [9.17, 15) is 4.79 Å². The molecule has 2 heteroatoms. The van der Waals surface area contributed by atoms with E-state index in [1.807, 2.05) is 0 Å². The number of hydrogen-bond donors (Lipinski definition) is 0. The lowest BCUT2D eigenvalue weighted by Crippen LogP contribution is -2.32. The van der Waals surface area contributed by atoms with Gasteiger partial charge in [0.2, 0.25) is 0 Å². The molecule has 2 rings (SSSR count). The Labute approximate surface area is 99.4 Å². The Kier molecular flexibility index (Phi) is 4.39. The molecule has 0 aliphatic heterocycles. The Morgan fingerprint density at radius 3 is 2.25 bits per heavy atom. The summed E-state index contributed by atoms with van der Waals surface area (Å²) in [4.78, 5) is 14.2. The van der Waals surface area contributed by atoms with E-state index in [-0.39, 0.29) is 0 Å². The van der Waals surface area contributed by atoms with Gasteiger partial charge < -0.3 is 0 Å². The predicted octanol–water partition coefficient (Wildman–Crippen LogP) is 2.87. The van der Waals surface area contributed by atoms with Crippen molar-refractivity contribution >= 4 is 5.78 Å². The molecule has 0 spiro atoms. The molecule has 2 aliphatic carbocycles. The summed E-state index contributed by atoms with van der Waals surface area (Å²) < 4.78 is 0. The van der Waals surface area contributed by atoms with Crippen molar-refractivity contribution in [3.8, 4) is 0 Å². The number of likely N-dealkylation sites (N-methyl/N-ethyl adjacent to an activating group) is 1. The van der Waals surface area contributed by atoms with Gasteiger partial charge in [0.15, 0.2) is 0 Å². The summed E-state index contributed by atoms with van der Waals surface area (Å²) in [5, 5.41) is 0. The van der Waals surface area contributed by atoms with Crippen molar-refractivity contribution in [1.82, 2.24) is 4.90 Å². The molecule has 0 heterocycles. The summed E-state index contributed by atoms with van der Waals surface area (Å²) in [6, 6.07) is 0. The van der Waals surface area contributed by atoms with Crippen molar-refractivity contribution in [3.63, 3.8) is 0 Å². The highest BCUT2D eigenvalue weighted by atomic mass is 16.1. The summed E-state index contributed by atoms with van der Waals surface area (Å²) in [5.74, 6) is 1.76. The standard InChI is InChI=1S/C14H25NO/c1-15(10-12-6-2-3-7-12)11-14(16)13-8-4-5-9-13/h12-13H,2-11H2,1H3. The number of ketones is 1. The molecule has 0 aromatic heterocycles. The van der Waals surface area contributed by atoms with Gasteiger partial charge in [-0.3, -0.25) is 9.69 Å². The van der Waals surface area contributed by atoms with E-state index in [2.05, 4.69) is 11.9 Å². The normalized spacial score (nSPS) is 23.4. The molecule has 0 unspecified atom stereocenters. The molecular formula is C14H25NO. The Morgan fingerprint density at radius 2 is 1.62 bits per heavy atom. The highest BCUT2D eigenvalue weighted by Crippen LogP contribution is 2.27. The van der Waals surface area contributed by atoms with Gasteiger partial charge in [-0.1, -0.05) is 25.7 Å². The number of nitrogens with zero attached hydrogens (tertiary/aromatic N) is 1. The lowest BCUT2D eigenvalue weighted by atomic mass is 10.0. The average Bonchev–Trinajstić information content (AvgIpc) is 2.88. The molecule has 2 saturated carbocycles. The smallest absolute Gasteiger partial charge is 0.149 e. The molecule has 92 valence electrons. The molecule has 0 bridgehead atoms. The van der Waals surface area contributed by atoms with Crippen LogP contribution >= 0.6 is 0 Å². The van der Waals surface area contributed by atoms with E-state index in [4.69, 9.17) is 0 Å². The highest BCUT2D eigenvalue weighted by molar-refractivity contribution is 5.83. The lowest BCUT2D eigenvalue weighted by molar-refractivity contribution is -0.123. The Hall–Kier alpha value is -0.370. The Balaban J connectivity index is 1.68. The van der Waals surface area contributed by atoms with Crippen LogP contribution in [0.25, 0.3) is 0 Å². The quantitative estimate of drug-likeness (QED) is 0.714. The van der Waals surface area contributed by atoms with Crippen molar-refractivity contribution in [2.75, 3.05) is 20.1 Å². The summed E-state index contributed by atoms with van der Waals surface area (Å²) in [6.45, 7) is 1.83. The molecule has 2 nitrogen and oxygen atoms in total. The molecule has 0 amide bonds. The first-order valence-corrected chi connectivity index (χ1v) is 6.97. The van der Waals surface area contributed by atoms with Crippen molar-refractivity contribution < 1.29 is 4.79 Å². The molecule has 0 aromatic rings. The van der Waals surface area contributed by atoms with Crippen LogP contribution in [0, 0.1) is 11.8 Å². The van der Waals surface area contributed by atoms with Gasteiger partial charge in [-0.15, -0.1) is 0 Å². The van der Waals surface area contributed by atoms with Gasteiger partial charge in [0, 0.05) is 12.5 Å². The summed E-state index contributed by atoms with van der Waals surface area (Å²) >= 11 is 0. The first-order valence-electron chi connectivity index (χ1n) is 6.97. The molecule has 16 heavy (non-hydrogen) atoms. The molecule has 0 N–H and O–H groups in total. The summed E-state index contributed by atoms with van der Waals surface area (Å²) in [7, 11) is 2.12. The van der Waals surface area contributed by atoms with Gasteiger partial charge in [0.1, 0.15) is 5.78 Å². The van der Waals surface area contributed by atoms with Crippen molar-refractivity contribution in [2.45, 2.75) is 51.4 Å². The Morgan fingerprint density at radius 1 is 1.06 bits per heavy atom. The average molecular weight is 223 g/mol. The van der Waals surface area contributed by atoms with Crippen LogP contribution in [0.5, 0.6) is 0 Å². The Bertz CT molecular complexity index is 227. The minimum Gasteiger partial charge on any atom is -0.299 e. The van der Waals surface area contributed by atoms with E-state index in [0.29, 0.717) is 18.2 Å². The maximum Gasteiger partial charge on any atom is 0.149 e. The number of Topliss-reactive ketones (excluding diaryl/α,β-unsaturated/α-hetero) is 1. The van der Waals surface area contributed by atoms with Crippen LogP contribution in [0.2, 0.25) is 0 Å². The second kappa shape index (κ2) is 5.81. The zero-order chi connectivity index (χ0) is 11.4. The minimum absolute atomic E-state index is 0.394. The maximum atomic E-state index is 12.0. The highest BCUT2D eigenvalue weighted by Gasteiger charge is 2.24. The van der Waals surface area contributed by atoms with E-state index in [0.717, 1.165) is 25.3 Å². The molecule has 2 aliphatic rings. The number of carbonyl (C=O) groups is 1. The first kappa shape index (κ1) is 12.1. The van der Waals surface area contributed by atoms with Gasteiger partial charge in [-0.2, -0.15) is 0 Å². The van der Waals surface area contributed by atoms with Crippen molar-refractivity contribution in [1.29, 1.82) is 0 Å². The molecule has 2 fully saturated rings. The second-order valence-electron chi connectivity index (χ2n) is 5.79. The lowest BCUT2D eigenvalue weighted by Gasteiger charge is -2.21. The maximum absolute atomic E-state index is 12.0. The zero-order valence-corrected chi connectivity index (χ0v) is 10.6. The van der Waals surface area contributed by atoms with Gasteiger partial charge in [-0.25, -0.2) is 0 Å². The summed E-state index contributed by atoms with van der Waals surface area (Å²) in [5.41, 5.74) is 0. The SMILES string of the molecule is CN(CC(=O)C1CCCC1)CC1CCCC1. The van der Waals surface area contributed by atoms with E-state index in [1.54, 1.807) is 0 Å². The summed E-state index contributed by atoms with van der Waals surface area (Å²) in [6.07, 6.45) is 10.4.